The zero-order valence-corrected chi connectivity index (χ0v) is 8.60. The van der Waals surface area contributed by atoms with E-state index in [1.54, 1.807) is 11.3 Å². The Kier molecular flexibility index (Phi) is 3.94. The average Bonchev–Trinajstić information content (AvgIpc) is 2.48. The summed E-state index contributed by atoms with van der Waals surface area (Å²) in [4.78, 5) is 4.35. The molecule has 0 radical (unpaired) electrons. The van der Waals surface area contributed by atoms with Crippen molar-refractivity contribution in [1.82, 2.24) is 4.98 Å². The first-order chi connectivity index (χ1) is 6.22. The third-order valence-corrected chi connectivity index (χ3v) is 2.62. The van der Waals surface area contributed by atoms with Gasteiger partial charge in [-0.3, -0.25) is 0 Å². The fourth-order valence-corrected chi connectivity index (χ4v) is 1.77. The van der Waals surface area contributed by atoms with Crippen molar-refractivity contribution in [3.05, 3.63) is 16.1 Å². The van der Waals surface area contributed by atoms with E-state index in [9.17, 15) is 0 Å². The summed E-state index contributed by atoms with van der Waals surface area (Å²) in [5, 5.41) is 3.16. The van der Waals surface area contributed by atoms with Gasteiger partial charge in [0.05, 0.1) is 10.7 Å². The lowest BCUT2D eigenvalue weighted by molar-refractivity contribution is 0.616. The number of rotatable bonds is 4. The van der Waals surface area contributed by atoms with Crippen molar-refractivity contribution in [1.29, 1.82) is 0 Å². The fraction of sp³-hybridized carbons (Fsp3) is 0.500. The topological polar surface area (TPSA) is 38.9 Å². The lowest BCUT2D eigenvalue weighted by Gasteiger charge is -2.06. The minimum Gasteiger partial charge on any atom is -0.327 e. The molecule has 0 saturated carbocycles. The van der Waals surface area contributed by atoms with Crippen molar-refractivity contribution >= 4 is 11.3 Å². The molecule has 0 aliphatic rings. The molecule has 0 bridgehead atoms. The fourth-order valence-electron chi connectivity index (χ4n) is 1.14. The van der Waals surface area contributed by atoms with E-state index in [1.807, 2.05) is 6.92 Å². The van der Waals surface area contributed by atoms with Crippen LogP contribution in [-0.2, 0) is 6.42 Å². The van der Waals surface area contributed by atoms with Crippen LogP contribution in [0, 0.1) is 19.3 Å². The van der Waals surface area contributed by atoms with Gasteiger partial charge in [0.15, 0.2) is 0 Å². The van der Waals surface area contributed by atoms with Crippen molar-refractivity contribution in [3.8, 4) is 12.3 Å². The molecule has 3 heteroatoms. The van der Waals surface area contributed by atoms with Crippen LogP contribution < -0.4 is 5.73 Å². The van der Waals surface area contributed by atoms with Crippen LogP contribution in [0.5, 0.6) is 0 Å². The molecule has 1 heterocycles. The molecule has 70 valence electrons. The van der Waals surface area contributed by atoms with Crippen molar-refractivity contribution in [2.45, 2.75) is 32.2 Å². The molecule has 1 unspecified atom stereocenters. The third-order valence-electron chi connectivity index (χ3n) is 1.80. The van der Waals surface area contributed by atoms with Crippen molar-refractivity contribution in [2.24, 2.45) is 5.73 Å². The zero-order valence-electron chi connectivity index (χ0n) is 7.79. The molecule has 0 fully saturated rings. The predicted octanol–water partition coefficient (Wildman–Crippen LogP) is 1.73. The first kappa shape index (κ1) is 10.2. The van der Waals surface area contributed by atoms with Gasteiger partial charge in [-0.15, -0.1) is 23.7 Å². The lowest BCUT2D eigenvalue weighted by Crippen LogP contribution is -2.22. The van der Waals surface area contributed by atoms with Gasteiger partial charge in [0.25, 0.3) is 0 Å². The normalized spacial score (nSPS) is 12.4. The second-order valence-corrected chi connectivity index (χ2v) is 4.13. The van der Waals surface area contributed by atoms with Crippen LogP contribution >= 0.6 is 11.3 Å². The molecular weight excluding hydrogens is 180 g/mol. The van der Waals surface area contributed by atoms with E-state index in [1.165, 1.54) is 0 Å². The summed E-state index contributed by atoms with van der Waals surface area (Å²) >= 11 is 1.66. The predicted molar refractivity (Wildman–Crippen MR) is 56.6 cm³/mol. The maximum atomic E-state index is 5.87. The molecule has 1 rings (SSSR count). The summed E-state index contributed by atoms with van der Waals surface area (Å²) in [5.74, 6) is 2.59. The Balaban J connectivity index is 2.37. The molecule has 1 aromatic heterocycles. The van der Waals surface area contributed by atoms with E-state index in [0.29, 0.717) is 0 Å². The van der Waals surface area contributed by atoms with E-state index in [4.69, 9.17) is 12.2 Å². The van der Waals surface area contributed by atoms with Gasteiger partial charge in [0, 0.05) is 24.3 Å². The average molecular weight is 194 g/mol. The van der Waals surface area contributed by atoms with Gasteiger partial charge in [-0.1, -0.05) is 0 Å². The number of hydrogen-bond donors (Lipinski definition) is 1. The van der Waals surface area contributed by atoms with Crippen LogP contribution in [0.4, 0.5) is 0 Å². The minimum absolute atomic E-state index is 0.151. The van der Waals surface area contributed by atoms with Crippen LogP contribution in [0.2, 0.25) is 0 Å². The van der Waals surface area contributed by atoms with Crippen LogP contribution in [-0.4, -0.2) is 11.0 Å². The van der Waals surface area contributed by atoms with Gasteiger partial charge >= 0.3 is 0 Å². The van der Waals surface area contributed by atoms with Gasteiger partial charge in [0.2, 0.25) is 0 Å². The van der Waals surface area contributed by atoms with Gasteiger partial charge in [0.1, 0.15) is 0 Å². The highest BCUT2D eigenvalue weighted by Gasteiger charge is 2.05. The van der Waals surface area contributed by atoms with E-state index < -0.39 is 0 Å². The molecule has 0 spiro atoms. The summed E-state index contributed by atoms with van der Waals surface area (Å²) < 4.78 is 0. The SMILES string of the molecule is C#CCCC(N)Cc1csc(C)n1. The highest BCUT2D eigenvalue weighted by Crippen LogP contribution is 2.10. The molecule has 0 saturated heterocycles. The van der Waals surface area contributed by atoms with E-state index in [-0.39, 0.29) is 6.04 Å². The van der Waals surface area contributed by atoms with Gasteiger partial charge in [-0.05, 0) is 13.3 Å². The quantitative estimate of drug-likeness (QED) is 0.741. The van der Waals surface area contributed by atoms with Gasteiger partial charge in [-0.25, -0.2) is 4.98 Å². The molecule has 0 aromatic carbocycles. The van der Waals surface area contributed by atoms with Crippen LogP contribution in [0.1, 0.15) is 23.5 Å². The van der Waals surface area contributed by atoms with E-state index in [2.05, 4.69) is 16.3 Å². The highest BCUT2D eigenvalue weighted by atomic mass is 32.1. The third kappa shape index (κ3) is 3.58. The number of aryl methyl sites for hydroxylation is 1. The summed E-state index contributed by atoms with van der Waals surface area (Å²) in [6.45, 7) is 2.00. The molecule has 2 nitrogen and oxygen atoms in total. The van der Waals surface area contributed by atoms with Crippen LogP contribution in [0.3, 0.4) is 0 Å². The van der Waals surface area contributed by atoms with E-state index in [0.717, 1.165) is 30.0 Å². The molecule has 0 amide bonds. The molecule has 0 aliphatic carbocycles. The Morgan fingerprint density at radius 3 is 3.08 bits per heavy atom. The number of nitrogens with zero attached hydrogens (tertiary/aromatic N) is 1. The molecule has 1 atom stereocenters. The van der Waals surface area contributed by atoms with Crippen LogP contribution in [0.15, 0.2) is 5.38 Å². The Morgan fingerprint density at radius 2 is 2.54 bits per heavy atom. The molecular formula is C10H14N2S. The number of terminal acetylenes is 1. The maximum Gasteiger partial charge on any atom is 0.0897 e. The maximum absolute atomic E-state index is 5.87. The van der Waals surface area contributed by atoms with Crippen molar-refractivity contribution in [3.63, 3.8) is 0 Å². The molecule has 2 N–H and O–H groups in total. The number of aromatic nitrogens is 1. The summed E-state index contributed by atoms with van der Waals surface area (Å²) in [7, 11) is 0. The smallest absolute Gasteiger partial charge is 0.0897 e. The second-order valence-electron chi connectivity index (χ2n) is 3.06. The zero-order chi connectivity index (χ0) is 9.68. The van der Waals surface area contributed by atoms with Crippen molar-refractivity contribution < 1.29 is 0 Å². The highest BCUT2D eigenvalue weighted by molar-refractivity contribution is 7.09. The number of hydrogen-bond acceptors (Lipinski definition) is 3. The molecule has 0 aliphatic heterocycles. The largest absolute Gasteiger partial charge is 0.327 e. The van der Waals surface area contributed by atoms with Gasteiger partial charge < -0.3 is 5.73 Å². The van der Waals surface area contributed by atoms with Crippen molar-refractivity contribution in [2.75, 3.05) is 0 Å². The first-order valence-electron chi connectivity index (χ1n) is 4.32. The number of nitrogens with two attached hydrogens (primary N) is 1. The van der Waals surface area contributed by atoms with Crippen LogP contribution in [0.25, 0.3) is 0 Å². The molecule has 13 heavy (non-hydrogen) atoms. The van der Waals surface area contributed by atoms with E-state index >= 15 is 0 Å². The lowest BCUT2D eigenvalue weighted by atomic mass is 10.1. The first-order valence-corrected chi connectivity index (χ1v) is 5.20. The summed E-state index contributed by atoms with van der Waals surface area (Å²) in [6.07, 6.45) is 7.63. The second kappa shape index (κ2) is 5.00. The summed E-state index contributed by atoms with van der Waals surface area (Å²) in [6, 6.07) is 0.151. The van der Waals surface area contributed by atoms with Gasteiger partial charge in [-0.2, -0.15) is 0 Å². The monoisotopic (exact) mass is 194 g/mol. The minimum atomic E-state index is 0.151. The standard InChI is InChI=1S/C10H14N2S/c1-3-4-5-9(11)6-10-7-13-8(2)12-10/h1,7,9H,4-6,11H2,2H3. The summed E-state index contributed by atoms with van der Waals surface area (Å²) in [5.41, 5.74) is 6.96. The number of thiazole rings is 1. The Morgan fingerprint density at radius 1 is 1.77 bits per heavy atom. The Labute approximate surface area is 83.2 Å². The Hall–Kier alpha value is -0.850. The Bertz CT molecular complexity index is 298. The molecule has 1 aromatic rings.